The van der Waals surface area contributed by atoms with Crippen LogP contribution in [0.25, 0.3) is 5.57 Å². The number of allylic oxidation sites excluding steroid dienone is 1. The van der Waals surface area contributed by atoms with Crippen molar-refractivity contribution >= 4 is 34.3 Å². The molecule has 0 amide bonds. The molecule has 25 heavy (non-hydrogen) atoms. The molecule has 4 rings (SSSR count). The van der Waals surface area contributed by atoms with Crippen molar-refractivity contribution < 1.29 is 10.5 Å². The van der Waals surface area contributed by atoms with Crippen molar-refractivity contribution in [3.05, 3.63) is 83.2 Å². The molecule has 1 unspecified atom stereocenters. The van der Waals surface area contributed by atoms with Crippen molar-refractivity contribution in [3.63, 3.8) is 0 Å². The lowest BCUT2D eigenvalue weighted by molar-refractivity contribution is -0.254. The molecule has 2 aliphatic rings. The first-order chi connectivity index (χ1) is 12.2. The van der Waals surface area contributed by atoms with E-state index in [0.717, 1.165) is 45.2 Å². The Morgan fingerprint density at radius 1 is 1.16 bits per heavy atom. The highest BCUT2D eigenvalue weighted by Crippen LogP contribution is 2.43. The third kappa shape index (κ3) is 2.86. The molecule has 1 aliphatic heterocycles. The molecule has 0 saturated heterocycles. The molecule has 2 aromatic rings. The third-order valence-electron chi connectivity index (χ3n) is 4.23. The lowest BCUT2D eigenvalue weighted by Crippen LogP contribution is -2.40. The molecular weight excluding hydrogens is 330 g/mol. The standard InChI is InChI=1S/C20H15N3OS/c21-13-3-7-16-18(9-13)24-19-10-14(22)4-8-17(19)20(16)12-1-5-15(6-2-12)23-11-25/h1-10,13H,21-22H2/p+1. The minimum Gasteiger partial charge on any atom is -0.456 e. The number of quaternary nitrogens is 1. The number of ether oxygens (including phenoxy) is 1. The minimum absolute atomic E-state index is 0.149. The molecular formula is C20H16N3OS+. The second-order valence-corrected chi connectivity index (χ2v) is 6.12. The van der Waals surface area contributed by atoms with E-state index in [9.17, 15) is 0 Å². The van der Waals surface area contributed by atoms with E-state index in [1.165, 1.54) is 0 Å². The average molecular weight is 346 g/mol. The van der Waals surface area contributed by atoms with E-state index in [4.69, 9.17) is 10.5 Å². The van der Waals surface area contributed by atoms with Gasteiger partial charge in [0, 0.05) is 28.8 Å². The van der Waals surface area contributed by atoms with Crippen LogP contribution in [-0.2, 0) is 0 Å². The van der Waals surface area contributed by atoms with Crippen molar-refractivity contribution in [2.75, 3.05) is 0 Å². The van der Waals surface area contributed by atoms with E-state index < -0.39 is 0 Å². The summed E-state index contributed by atoms with van der Waals surface area (Å²) in [5.41, 5.74) is 15.9. The molecule has 0 fully saturated rings. The summed E-state index contributed by atoms with van der Waals surface area (Å²) in [5.74, 6) is 1.57. The maximum atomic E-state index is 6.09. The zero-order valence-electron chi connectivity index (χ0n) is 13.4. The Morgan fingerprint density at radius 3 is 2.72 bits per heavy atom. The Kier molecular flexibility index (Phi) is 3.92. The van der Waals surface area contributed by atoms with Crippen LogP contribution in [0.15, 0.2) is 77.0 Å². The molecule has 2 aromatic carbocycles. The van der Waals surface area contributed by atoms with Crippen LogP contribution in [-0.4, -0.2) is 11.2 Å². The highest BCUT2D eigenvalue weighted by Gasteiger charge is 2.26. The van der Waals surface area contributed by atoms with Gasteiger partial charge in [0.1, 0.15) is 17.2 Å². The Morgan fingerprint density at radius 2 is 1.96 bits per heavy atom. The van der Waals surface area contributed by atoms with Crippen LogP contribution in [0.5, 0.6) is 5.75 Å². The summed E-state index contributed by atoms with van der Waals surface area (Å²) in [6.07, 6.45) is 5.92. The maximum Gasteiger partial charge on any atom is 0.141 e. The number of hydrogen-bond donors (Lipinski definition) is 2. The number of nitrogens with zero attached hydrogens (tertiary/aromatic N) is 1. The number of thiocarbonyl (C=S) groups is 1. The van der Waals surface area contributed by atoms with Gasteiger partial charge in [0.05, 0.1) is 10.8 Å². The summed E-state index contributed by atoms with van der Waals surface area (Å²) < 4.78 is 6.09. The number of nitrogens with two attached hydrogens (primary N) is 1. The first-order valence-electron chi connectivity index (χ1n) is 7.88. The van der Waals surface area contributed by atoms with Gasteiger partial charge in [-0.05, 0) is 48.1 Å². The summed E-state index contributed by atoms with van der Waals surface area (Å²) in [6, 6.07) is 13.7. The van der Waals surface area contributed by atoms with Crippen molar-refractivity contribution in [1.29, 1.82) is 0 Å². The van der Waals surface area contributed by atoms with Crippen molar-refractivity contribution in [2.24, 2.45) is 10.7 Å². The number of rotatable bonds is 2. The topological polar surface area (TPSA) is 75.2 Å². The first kappa shape index (κ1) is 15.7. The molecule has 4 nitrogen and oxygen atoms in total. The number of fused-ring (bicyclic) bond motifs is 2. The quantitative estimate of drug-likeness (QED) is 0.647. The highest BCUT2D eigenvalue weighted by molar-refractivity contribution is 7.78. The van der Waals surface area contributed by atoms with Crippen LogP contribution in [0, 0.1) is 0 Å². The monoisotopic (exact) mass is 346 g/mol. The lowest BCUT2D eigenvalue weighted by atomic mass is 9.87. The van der Waals surface area contributed by atoms with Gasteiger partial charge in [-0.1, -0.05) is 24.3 Å². The Labute approximate surface area is 150 Å². The number of isothiocyanates is 1. The third-order valence-corrected chi connectivity index (χ3v) is 4.32. The van der Waals surface area contributed by atoms with E-state index in [1.54, 1.807) is 0 Å². The van der Waals surface area contributed by atoms with E-state index in [2.05, 4.69) is 28.1 Å². The van der Waals surface area contributed by atoms with Crippen molar-refractivity contribution in [1.82, 2.24) is 0 Å². The predicted molar refractivity (Wildman–Crippen MR) is 102 cm³/mol. The molecule has 0 bridgehead atoms. The van der Waals surface area contributed by atoms with Crippen molar-refractivity contribution in [3.8, 4) is 5.75 Å². The largest absolute Gasteiger partial charge is 0.456 e. The van der Waals surface area contributed by atoms with Gasteiger partial charge in [0.25, 0.3) is 0 Å². The van der Waals surface area contributed by atoms with Gasteiger partial charge in [-0.15, -0.1) is 0 Å². The smallest absolute Gasteiger partial charge is 0.141 e. The molecule has 0 spiro atoms. The average Bonchev–Trinajstić information content (AvgIpc) is 2.60. The zero-order valence-corrected chi connectivity index (χ0v) is 14.2. The molecule has 0 saturated carbocycles. The fourth-order valence-electron chi connectivity index (χ4n) is 3.09. The Balaban J connectivity index is 1.94. The van der Waals surface area contributed by atoms with Gasteiger partial charge >= 0.3 is 0 Å². The van der Waals surface area contributed by atoms with Crippen LogP contribution >= 0.6 is 12.2 Å². The normalized spacial score (nSPS) is 17.8. The van der Waals surface area contributed by atoms with Gasteiger partial charge < -0.3 is 16.2 Å². The van der Waals surface area contributed by atoms with Gasteiger partial charge in [-0.2, -0.15) is 4.99 Å². The van der Waals surface area contributed by atoms with E-state index >= 15 is 0 Å². The number of hydrogen-bond acceptors (Lipinski definition) is 4. The second kappa shape index (κ2) is 6.24. The van der Waals surface area contributed by atoms with Crippen LogP contribution in [0.2, 0.25) is 0 Å². The summed E-state index contributed by atoms with van der Waals surface area (Å²) in [7, 11) is 0. The van der Waals surface area contributed by atoms with Crippen molar-refractivity contribution in [2.45, 2.75) is 6.04 Å². The molecule has 1 heterocycles. The van der Waals surface area contributed by atoms with E-state index in [1.807, 2.05) is 60.7 Å². The zero-order chi connectivity index (χ0) is 17.4. The Hall–Kier alpha value is -2.82. The van der Waals surface area contributed by atoms with Crippen LogP contribution in [0.3, 0.4) is 0 Å². The summed E-state index contributed by atoms with van der Waals surface area (Å²) in [6.45, 7) is 0. The van der Waals surface area contributed by atoms with Gasteiger partial charge in [0.15, 0.2) is 0 Å². The second-order valence-electron chi connectivity index (χ2n) is 5.94. The highest BCUT2D eigenvalue weighted by atomic mass is 32.1. The molecule has 122 valence electrons. The van der Waals surface area contributed by atoms with Crippen LogP contribution in [0.1, 0.15) is 11.1 Å². The molecule has 0 aromatic heterocycles. The Bertz CT molecular complexity index is 996. The molecule has 1 atom stereocenters. The van der Waals surface area contributed by atoms with Crippen LogP contribution in [0.4, 0.5) is 11.4 Å². The van der Waals surface area contributed by atoms with Gasteiger partial charge in [0.2, 0.25) is 0 Å². The summed E-state index contributed by atoms with van der Waals surface area (Å²) in [4.78, 5) is 4.01. The fourth-order valence-corrected chi connectivity index (χ4v) is 3.20. The molecule has 0 radical (unpaired) electrons. The van der Waals surface area contributed by atoms with Gasteiger partial charge in [-0.25, -0.2) is 0 Å². The SMILES string of the molecule is NC1C=CC2=C(c3ccc(N=C=S)cc3)c3ccc([NH3+])cc3OC2=C1. The molecule has 1 aliphatic carbocycles. The van der Waals surface area contributed by atoms with E-state index in [0.29, 0.717) is 0 Å². The number of benzene rings is 2. The fraction of sp³-hybridized carbons (Fsp3) is 0.0500. The maximum absolute atomic E-state index is 6.09. The number of aliphatic imine (C=N–C) groups is 1. The van der Waals surface area contributed by atoms with E-state index in [-0.39, 0.29) is 6.04 Å². The first-order valence-corrected chi connectivity index (χ1v) is 8.29. The molecule has 5 N–H and O–H groups in total. The summed E-state index contributed by atoms with van der Waals surface area (Å²) in [5, 5.41) is 2.39. The minimum atomic E-state index is -0.149. The van der Waals surface area contributed by atoms with Gasteiger partial charge in [-0.3, -0.25) is 0 Å². The molecule has 5 heteroatoms. The predicted octanol–water partition coefficient (Wildman–Crippen LogP) is 3.27. The summed E-state index contributed by atoms with van der Waals surface area (Å²) >= 11 is 4.67. The van der Waals surface area contributed by atoms with Crippen LogP contribution < -0.4 is 16.2 Å². The lowest BCUT2D eigenvalue weighted by Gasteiger charge is -2.27.